The first-order valence-corrected chi connectivity index (χ1v) is 9.75. The number of ether oxygens (including phenoxy) is 3. The average Bonchev–Trinajstić information content (AvgIpc) is 2.80. The second kappa shape index (κ2) is 10.3. The van der Waals surface area contributed by atoms with Crippen LogP contribution in [0.3, 0.4) is 0 Å². The Hall–Kier alpha value is -4.41. The van der Waals surface area contributed by atoms with Crippen molar-refractivity contribution in [2.24, 2.45) is 5.73 Å². The minimum Gasteiger partial charge on any atom is -0.461 e. The first-order valence-electron chi connectivity index (χ1n) is 9.75. The minimum atomic E-state index is -1.47. The van der Waals surface area contributed by atoms with Gasteiger partial charge in [-0.1, -0.05) is 36.4 Å². The zero-order valence-electron chi connectivity index (χ0n) is 17.5. The summed E-state index contributed by atoms with van der Waals surface area (Å²) in [6, 6.07) is 11.5. The fourth-order valence-corrected chi connectivity index (χ4v) is 3.08. The smallest absolute Gasteiger partial charge is 0.461 e. The molecule has 0 saturated carbocycles. The van der Waals surface area contributed by atoms with Crippen molar-refractivity contribution in [3.8, 4) is 5.75 Å². The van der Waals surface area contributed by atoms with Crippen LogP contribution < -0.4 is 21.8 Å². The number of benzene rings is 2. The zero-order chi connectivity index (χ0) is 24.0. The maximum absolute atomic E-state index is 13.0. The number of rotatable bonds is 8. The molecule has 1 atom stereocenters. The lowest BCUT2D eigenvalue weighted by molar-refractivity contribution is -0.145. The van der Waals surface area contributed by atoms with Gasteiger partial charge in [-0.25, -0.2) is 14.2 Å². The number of nitrogens with zero attached hydrogens (tertiary/aromatic N) is 1. The number of amides is 1. The van der Waals surface area contributed by atoms with E-state index in [9.17, 15) is 24.0 Å². The average molecular weight is 456 g/mol. The molecular weight excluding hydrogens is 436 g/mol. The molecule has 0 fully saturated rings. The lowest BCUT2D eigenvalue weighted by Crippen LogP contribution is -2.41. The molecule has 11 heteroatoms. The molecule has 3 aromatic rings. The minimum absolute atomic E-state index is 0.0297. The van der Waals surface area contributed by atoms with Crippen molar-refractivity contribution in [2.45, 2.75) is 25.5 Å². The van der Waals surface area contributed by atoms with Crippen molar-refractivity contribution in [2.75, 3.05) is 7.11 Å². The van der Waals surface area contributed by atoms with E-state index < -0.39 is 35.4 Å². The number of hydrogen-bond donors (Lipinski definition) is 1. The van der Waals surface area contributed by atoms with Crippen LogP contribution >= 0.6 is 0 Å². The number of aromatic nitrogens is 1. The van der Waals surface area contributed by atoms with Gasteiger partial charge in [-0.15, -0.1) is 0 Å². The molecule has 0 radical (unpaired) electrons. The highest BCUT2D eigenvalue weighted by molar-refractivity contribution is 5.84. The Labute approximate surface area is 186 Å². The highest BCUT2D eigenvalue weighted by atomic mass is 16.7. The lowest BCUT2D eigenvalue weighted by atomic mass is 10.1. The molecule has 0 unspecified atom stereocenters. The number of nitrogens with two attached hydrogens (primary N) is 1. The summed E-state index contributed by atoms with van der Waals surface area (Å²) in [5, 5.41) is -0.145. The Morgan fingerprint density at radius 1 is 1.06 bits per heavy atom. The van der Waals surface area contributed by atoms with Crippen LogP contribution in [0.4, 0.5) is 4.79 Å². The van der Waals surface area contributed by atoms with Gasteiger partial charge in [0.15, 0.2) is 11.3 Å². The summed E-state index contributed by atoms with van der Waals surface area (Å²) in [6.45, 7) is 0.0297. The van der Waals surface area contributed by atoms with Gasteiger partial charge in [-0.05, 0) is 24.1 Å². The summed E-state index contributed by atoms with van der Waals surface area (Å²) >= 11 is 0. The molecule has 172 valence electrons. The number of primary amides is 1. The third-order valence-electron chi connectivity index (χ3n) is 4.68. The van der Waals surface area contributed by atoms with Crippen molar-refractivity contribution < 1.29 is 33.0 Å². The summed E-state index contributed by atoms with van der Waals surface area (Å²) in [5.74, 6) is -3.09. The molecule has 33 heavy (non-hydrogen) atoms. The molecule has 3 rings (SSSR count). The molecule has 0 saturated heterocycles. The standard InChI is InChI=1S/C22H20N2O9/c1-30-22(29)32-16-9-5-8-14-18(16)33-21(28)24(20(14)27)15(19(23)26)10-11-17(25)31-12-13-6-3-2-4-7-13/h2-9,15H,10-12H2,1H3,(H2,23,26)/t15-/m0/s1. The van der Waals surface area contributed by atoms with Crippen molar-refractivity contribution in [1.82, 2.24) is 4.57 Å². The van der Waals surface area contributed by atoms with Gasteiger partial charge < -0.3 is 24.4 Å². The largest absolute Gasteiger partial charge is 0.513 e. The Balaban J connectivity index is 1.84. The van der Waals surface area contributed by atoms with Gasteiger partial charge in [0, 0.05) is 6.42 Å². The fraction of sp³-hybridized carbons (Fsp3) is 0.227. The molecule has 0 aliphatic carbocycles. The number of esters is 1. The number of methoxy groups -OCH3 is 1. The molecule has 0 bridgehead atoms. The van der Waals surface area contributed by atoms with Gasteiger partial charge in [0.05, 0.1) is 12.5 Å². The van der Waals surface area contributed by atoms with Crippen molar-refractivity contribution >= 4 is 29.0 Å². The second-order valence-corrected chi connectivity index (χ2v) is 6.84. The molecule has 2 N–H and O–H groups in total. The summed E-state index contributed by atoms with van der Waals surface area (Å²) < 4.78 is 20.1. The number of carbonyl (C=O) groups is 3. The van der Waals surface area contributed by atoms with E-state index in [2.05, 4.69) is 4.74 Å². The van der Waals surface area contributed by atoms with Gasteiger partial charge >= 0.3 is 17.9 Å². The van der Waals surface area contributed by atoms with Crippen molar-refractivity contribution in [1.29, 1.82) is 0 Å². The van der Waals surface area contributed by atoms with Crippen LogP contribution in [-0.4, -0.2) is 29.7 Å². The molecule has 1 heterocycles. The number of hydrogen-bond acceptors (Lipinski definition) is 9. The maximum atomic E-state index is 13.0. The third-order valence-corrected chi connectivity index (χ3v) is 4.68. The summed E-state index contributed by atoms with van der Waals surface area (Å²) in [6.07, 6.45) is -1.63. The number of carbonyl (C=O) groups excluding carboxylic acids is 3. The maximum Gasteiger partial charge on any atom is 0.513 e. The Bertz CT molecular complexity index is 1290. The Morgan fingerprint density at radius 3 is 2.45 bits per heavy atom. The fourth-order valence-electron chi connectivity index (χ4n) is 3.08. The molecule has 0 spiro atoms. The van der Waals surface area contributed by atoms with Crippen LogP contribution in [0.15, 0.2) is 62.5 Å². The molecule has 0 aliphatic heterocycles. The van der Waals surface area contributed by atoms with E-state index in [-0.39, 0.29) is 36.2 Å². The van der Waals surface area contributed by atoms with Gasteiger partial charge in [0.1, 0.15) is 12.6 Å². The quantitative estimate of drug-likeness (QED) is 0.393. The summed E-state index contributed by atoms with van der Waals surface area (Å²) in [5.41, 5.74) is 4.96. The van der Waals surface area contributed by atoms with Crippen LogP contribution in [0, 0.1) is 0 Å². The van der Waals surface area contributed by atoms with Crippen LogP contribution in [0.1, 0.15) is 24.4 Å². The zero-order valence-corrected chi connectivity index (χ0v) is 17.5. The highest BCUT2D eigenvalue weighted by Gasteiger charge is 2.26. The van der Waals surface area contributed by atoms with Gasteiger partial charge in [-0.3, -0.25) is 14.4 Å². The van der Waals surface area contributed by atoms with E-state index in [1.807, 2.05) is 6.07 Å². The molecule has 1 amide bonds. The van der Waals surface area contributed by atoms with Gasteiger partial charge in [-0.2, -0.15) is 0 Å². The molecular formula is C22H20N2O9. The van der Waals surface area contributed by atoms with Crippen LogP contribution in [0.2, 0.25) is 0 Å². The van der Waals surface area contributed by atoms with Crippen molar-refractivity contribution in [3.63, 3.8) is 0 Å². The van der Waals surface area contributed by atoms with Crippen LogP contribution in [-0.2, 0) is 25.7 Å². The first-order chi connectivity index (χ1) is 15.8. The number of fused-ring (bicyclic) bond motifs is 1. The predicted molar refractivity (Wildman–Crippen MR) is 113 cm³/mol. The molecule has 2 aromatic carbocycles. The van der Waals surface area contributed by atoms with Gasteiger partial charge in [0.25, 0.3) is 5.56 Å². The van der Waals surface area contributed by atoms with E-state index in [0.717, 1.165) is 12.7 Å². The first kappa shape index (κ1) is 23.3. The molecule has 11 nitrogen and oxygen atoms in total. The Morgan fingerprint density at radius 2 is 1.79 bits per heavy atom. The predicted octanol–water partition coefficient (Wildman–Crippen LogP) is 1.65. The van der Waals surface area contributed by atoms with Crippen LogP contribution in [0.25, 0.3) is 11.0 Å². The van der Waals surface area contributed by atoms with E-state index in [0.29, 0.717) is 4.57 Å². The van der Waals surface area contributed by atoms with E-state index in [1.54, 1.807) is 24.3 Å². The van der Waals surface area contributed by atoms with E-state index in [1.165, 1.54) is 18.2 Å². The normalized spacial score (nSPS) is 11.5. The van der Waals surface area contributed by atoms with E-state index >= 15 is 0 Å². The lowest BCUT2D eigenvalue weighted by Gasteiger charge is -2.15. The SMILES string of the molecule is COC(=O)Oc1cccc2c(=O)n([C@@H](CCC(=O)OCc3ccccc3)C(N)=O)c(=O)oc12. The monoisotopic (exact) mass is 456 g/mol. The molecule has 1 aromatic heterocycles. The summed E-state index contributed by atoms with van der Waals surface area (Å²) in [4.78, 5) is 61.1. The third kappa shape index (κ3) is 5.45. The van der Waals surface area contributed by atoms with Crippen LogP contribution in [0.5, 0.6) is 5.75 Å². The number of para-hydroxylation sites is 1. The second-order valence-electron chi connectivity index (χ2n) is 6.84. The van der Waals surface area contributed by atoms with E-state index in [4.69, 9.17) is 19.6 Å². The molecule has 0 aliphatic rings. The highest BCUT2D eigenvalue weighted by Crippen LogP contribution is 2.23. The van der Waals surface area contributed by atoms with Gasteiger partial charge in [0.2, 0.25) is 5.91 Å². The van der Waals surface area contributed by atoms with Crippen molar-refractivity contribution in [3.05, 3.63) is 75.0 Å². The Kier molecular flexibility index (Phi) is 7.24. The topological polar surface area (TPSA) is 157 Å². The summed E-state index contributed by atoms with van der Waals surface area (Å²) in [7, 11) is 1.08.